The van der Waals surface area contributed by atoms with Crippen LogP contribution in [-0.2, 0) is 14.3 Å². The molecule has 2 aromatic rings. The minimum Gasteiger partial charge on any atom is -0.465 e. The number of benzene rings is 2. The Morgan fingerprint density at radius 1 is 0.958 bits per heavy atom. The molecule has 0 fully saturated rings. The van der Waals surface area contributed by atoms with Crippen LogP contribution in [0.5, 0.6) is 0 Å². The van der Waals surface area contributed by atoms with E-state index in [-0.39, 0.29) is 11.3 Å². The minimum atomic E-state index is -0.874. The smallest absolute Gasteiger partial charge is 0.339 e. The molecule has 2 rings (SSSR count). The molecule has 0 heterocycles. The van der Waals surface area contributed by atoms with Gasteiger partial charge < -0.3 is 15.4 Å². The van der Waals surface area contributed by atoms with E-state index in [9.17, 15) is 14.4 Å². The summed E-state index contributed by atoms with van der Waals surface area (Å²) in [6, 6.07) is 13.4. The average Bonchev–Trinajstić information content (AvgIpc) is 2.61. The Bertz CT molecular complexity index is 777. The van der Waals surface area contributed by atoms with Gasteiger partial charge in [0.15, 0.2) is 0 Å². The number of methoxy groups -OCH3 is 1. The van der Waals surface area contributed by atoms with Crippen LogP contribution in [-0.4, -0.2) is 31.1 Å². The van der Waals surface area contributed by atoms with Crippen molar-refractivity contribution in [2.24, 2.45) is 0 Å². The van der Waals surface area contributed by atoms with Crippen molar-refractivity contribution in [3.63, 3.8) is 0 Å². The summed E-state index contributed by atoms with van der Waals surface area (Å²) in [5, 5.41) is 4.94. The molecule has 6 nitrogen and oxygen atoms in total. The van der Waals surface area contributed by atoms with Crippen molar-refractivity contribution >= 4 is 40.9 Å². The monoisotopic (exact) mass is 344 g/mol. The van der Waals surface area contributed by atoms with Gasteiger partial charge in [-0.05, 0) is 36.6 Å². The molecule has 0 spiro atoms. The van der Waals surface area contributed by atoms with Crippen LogP contribution in [0.25, 0.3) is 0 Å². The first-order valence-corrected chi connectivity index (χ1v) is 8.21. The van der Waals surface area contributed by atoms with E-state index in [1.807, 2.05) is 12.3 Å². The first-order chi connectivity index (χ1) is 11.5. The fourth-order valence-electron chi connectivity index (χ4n) is 1.95. The maximum Gasteiger partial charge on any atom is 0.339 e. The molecule has 0 bridgehead atoms. The lowest BCUT2D eigenvalue weighted by Gasteiger charge is -2.10. The van der Waals surface area contributed by atoms with Crippen molar-refractivity contribution < 1.29 is 19.1 Å². The number of ether oxygens (including phenoxy) is 1. The van der Waals surface area contributed by atoms with Crippen molar-refractivity contribution in [2.45, 2.75) is 4.90 Å². The Morgan fingerprint density at radius 3 is 2.38 bits per heavy atom. The van der Waals surface area contributed by atoms with Crippen molar-refractivity contribution in [2.75, 3.05) is 24.0 Å². The molecule has 7 heteroatoms. The number of thioether (sulfide) groups is 1. The minimum absolute atomic E-state index is 0.172. The third-order valence-corrected chi connectivity index (χ3v) is 3.84. The van der Waals surface area contributed by atoms with E-state index in [0.29, 0.717) is 5.69 Å². The Hall–Kier alpha value is -2.80. The van der Waals surface area contributed by atoms with Crippen LogP contribution < -0.4 is 10.6 Å². The molecule has 0 atom stereocenters. The van der Waals surface area contributed by atoms with Crippen molar-refractivity contribution in [3.8, 4) is 0 Å². The van der Waals surface area contributed by atoms with Crippen LogP contribution in [0.2, 0.25) is 0 Å². The lowest BCUT2D eigenvalue weighted by atomic mass is 10.2. The van der Waals surface area contributed by atoms with E-state index >= 15 is 0 Å². The number of para-hydroxylation sites is 1. The molecule has 0 aliphatic carbocycles. The fraction of sp³-hybridized carbons (Fsp3) is 0.118. The molecule has 0 aliphatic rings. The zero-order valence-electron chi connectivity index (χ0n) is 13.2. The van der Waals surface area contributed by atoms with E-state index in [0.717, 1.165) is 4.90 Å². The van der Waals surface area contributed by atoms with Crippen molar-refractivity contribution in [1.29, 1.82) is 0 Å². The third kappa shape index (κ3) is 4.36. The van der Waals surface area contributed by atoms with Gasteiger partial charge in [-0.2, -0.15) is 0 Å². The molecular formula is C17H16N2O4S. The number of hydrogen-bond donors (Lipinski definition) is 2. The number of esters is 1. The lowest BCUT2D eigenvalue weighted by molar-refractivity contribution is -0.133. The summed E-state index contributed by atoms with van der Waals surface area (Å²) >= 11 is 1.53. The summed E-state index contributed by atoms with van der Waals surface area (Å²) < 4.78 is 4.65. The second-order valence-electron chi connectivity index (χ2n) is 4.68. The fourth-order valence-corrected chi connectivity index (χ4v) is 2.41. The molecule has 2 N–H and O–H groups in total. The maximum atomic E-state index is 12.1. The molecule has 0 aromatic heterocycles. The largest absolute Gasteiger partial charge is 0.465 e. The Labute approximate surface area is 143 Å². The molecule has 0 aliphatic heterocycles. The second kappa shape index (κ2) is 8.16. The van der Waals surface area contributed by atoms with E-state index in [1.165, 1.54) is 31.0 Å². The van der Waals surface area contributed by atoms with Crippen molar-refractivity contribution in [3.05, 3.63) is 54.1 Å². The van der Waals surface area contributed by atoms with Gasteiger partial charge in [-0.1, -0.05) is 18.2 Å². The first kappa shape index (κ1) is 17.6. The molecule has 0 saturated carbocycles. The highest BCUT2D eigenvalue weighted by molar-refractivity contribution is 7.98. The van der Waals surface area contributed by atoms with E-state index < -0.39 is 17.8 Å². The number of carbonyl (C=O) groups is 3. The average molecular weight is 344 g/mol. The highest BCUT2D eigenvalue weighted by Gasteiger charge is 2.18. The van der Waals surface area contributed by atoms with Crippen LogP contribution in [0.1, 0.15) is 10.4 Å². The predicted octanol–water partition coefficient (Wildman–Crippen LogP) is 2.77. The van der Waals surface area contributed by atoms with Crippen LogP contribution in [0, 0.1) is 0 Å². The van der Waals surface area contributed by atoms with Gasteiger partial charge in [-0.15, -0.1) is 11.8 Å². The number of amides is 2. The predicted molar refractivity (Wildman–Crippen MR) is 93.3 cm³/mol. The zero-order chi connectivity index (χ0) is 17.5. The Kier molecular flexibility index (Phi) is 5.97. The molecule has 0 radical (unpaired) electrons. The zero-order valence-corrected chi connectivity index (χ0v) is 14.0. The summed E-state index contributed by atoms with van der Waals surface area (Å²) in [6.07, 6.45) is 1.91. The first-order valence-electron chi connectivity index (χ1n) is 6.99. The highest BCUT2D eigenvalue weighted by atomic mass is 32.2. The number of anilines is 2. The van der Waals surface area contributed by atoms with Crippen LogP contribution in [0.3, 0.4) is 0 Å². The van der Waals surface area contributed by atoms with Gasteiger partial charge >= 0.3 is 17.8 Å². The second-order valence-corrected chi connectivity index (χ2v) is 5.56. The van der Waals surface area contributed by atoms with Gasteiger partial charge in [0.05, 0.1) is 18.4 Å². The molecule has 0 unspecified atom stereocenters. The van der Waals surface area contributed by atoms with Gasteiger partial charge in [0.25, 0.3) is 0 Å². The quantitative estimate of drug-likeness (QED) is 0.506. The van der Waals surface area contributed by atoms with E-state index in [1.54, 1.807) is 30.3 Å². The summed E-state index contributed by atoms with van der Waals surface area (Å²) in [6.45, 7) is 0. The van der Waals surface area contributed by atoms with Gasteiger partial charge in [0.1, 0.15) is 0 Å². The van der Waals surface area contributed by atoms with E-state index in [4.69, 9.17) is 0 Å². The number of nitrogens with one attached hydrogen (secondary N) is 2. The molecule has 24 heavy (non-hydrogen) atoms. The molecule has 2 amide bonds. The topological polar surface area (TPSA) is 84.5 Å². The molecular weight excluding hydrogens is 328 g/mol. The number of hydrogen-bond acceptors (Lipinski definition) is 5. The molecule has 124 valence electrons. The van der Waals surface area contributed by atoms with Crippen LogP contribution >= 0.6 is 11.8 Å². The normalized spacial score (nSPS) is 9.92. The summed E-state index contributed by atoms with van der Waals surface area (Å²) in [4.78, 5) is 36.7. The summed E-state index contributed by atoms with van der Waals surface area (Å²) in [5.41, 5.74) is 0.899. The van der Waals surface area contributed by atoms with Crippen LogP contribution in [0.15, 0.2) is 53.4 Å². The number of rotatable bonds is 4. The summed E-state index contributed by atoms with van der Waals surface area (Å²) in [7, 11) is 1.24. The highest BCUT2D eigenvalue weighted by Crippen LogP contribution is 2.19. The van der Waals surface area contributed by atoms with Crippen molar-refractivity contribution in [1.82, 2.24) is 0 Å². The number of carbonyl (C=O) groups excluding carboxylic acids is 3. The van der Waals surface area contributed by atoms with Gasteiger partial charge in [0.2, 0.25) is 0 Å². The standard InChI is InChI=1S/C17H16N2O4S/c1-23-17(22)13-8-3-4-9-14(13)19-16(21)15(20)18-11-6-5-7-12(10-11)24-2/h3-10H,1-2H3,(H,18,20)(H,19,21). The van der Waals surface area contributed by atoms with Gasteiger partial charge in [-0.3, -0.25) is 9.59 Å². The SMILES string of the molecule is COC(=O)c1ccccc1NC(=O)C(=O)Nc1cccc(SC)c1. The van der Waals surface area contributed by atoms with Gasteiger partial charge in [0, 0.05) is 10.6 Å². The molecule has 2 aromatic carbocycles. The lowest BCUT2D eigenvalue weighted by Crippen LogP contribution is -2.29. The van der Waals surface area contributed by atoms with Crippen LogP contribution in [0.4, 0.5) is 11.4 Å². The third-order valence-electron chi connectivity index (χ3n) is 3.11. The Balaban J connectivity index is 2.09. The maximum absolute atomic E-state index is 12.1. The van der Waals surface area contributed by atoms with E-state index in [2.05, 4.69) is 15.4 Å². The summed E-state index contributed by atoms with van der Waals surface area (Å²) in [5.74, 6) is -2.30. The molecule has 0 saturated heterocycles. The van der Waals surface area contributed by atoms with Gasteiger partial charge in [-0.25, -0.2) is 4.79 Å². The Morgan fingerprint density at radius 2 is 1.67 bits per heavy atom.